The molecule has 146 valence electrons. The normalized spacial score (nSPS) is 10.8. The van der Waals surface area contributed by atoms with Crippen molar-refractivity contribution >= 4 is 11.6 Å². The van der Waals surface area contributed by atoms with E-state index in [9.17, 15) is 22.4 Å². The molecule has 0 aliphatic rings. The van der Waals surface area contributed by atoms with Crippen LogP contribution in [0.5, 0.6) is 5.75 Å². The molecule has 0 saturated heterocycles. The monoisotopic (exact) mass is 393 g/mol. The first-order chi connectivity index (χ1) is 13.4. The maximum absolute atomic E-state index is 13.6. The Morgan fingerprint density at radius 2 is 1.64 bits per heavy atom. The number of carbonyl (C=O) groups excluding carboxylic acids is 1. The lowest BCUT2D eigenvalue weighted by Crippen LogP contribution is -2.15. The molecular weight excluding hydrogens is 378 g/mol. The Morgan fingerprint density at radius 1 is 1.00 bits per heavy atom. The lowest BCUT2D eigenvalue weighted by atomic mass is 10.2. The van der Waals surface area contributed by atoms with E-state index in [0.717, 1.165) is 12.0 Å². The predicted octanol–water partition coefficient (Wildman–Crippen LogP) is 5.23. The Bertz CT molecular complexity index is 973. The molecule has 0 aliphatic heterocycles. The third-order valence-corrected chi connectivity index (χ3v) is 3.95. The molecule has 0 fully saturated rings. The molecule has 0 bridgehead atoms. The number of carbonyl (C=O) groups is 1. The predicted molar refractivity (Wildman–Crippen MR) is 93.1 cm³/mol. The number of halogens is 4. The van der Waals surface area contributed by atoms with Gasteiger partial charge in [-0.3, -0.25) is 4.79 Å². The molecule has 3 rings (SSSR count). The van der Waals surface area contributed by atoms with Crippen LogP contribution in [0.15, 0.2) is 46.9 Å². The van der Waals surface area contributed by atoms with Gasteiger partial charge >= 0.3 is 0 Å². The van der Waals surface area contributed by atoms with Crippen molar-refractivity contribution in [3.63, 3.8) is 0 Å². The largest absolute Gasteiger partial charge is 0.486 e. The van der Waals surface area contributed by atoms with E-state index in [1.165, 1.54) is 12.1 Å². The molecule has 3 aromatic rings. The second kappa shape index (κ2) is 8.16. The number of hydrogen-bond donors (Lipinski definition) is 1. The van der Waals surface area contributed by atoms with E-state index in [-0.39, 0.29) is 24.2 Å². The summed E-state index contributed by atoms with van der Waals surface area (Å²) in [6.45, 7) is 2.04. The minimum Gasteiger partial charge on any atom is -0.486 e. The van der Waals surface area contributed by atoms with E-state index in [2.05, 4.69) is 0 Å². The second-order valence-corrected chi connectivity index (χ2v) is 5.85. The maximum Gasteiger partial charge on any atom is 0.291 e. The third kappa shape index (κ3) is 4.16. The van der Waals surface area contributed by atoms with Gasteiger partial charge in [-0.1, -0.05) is 19.1 Å². The first kappa shape index (κ1) is 19.5. The second-order valence-electron chi connectivity index (χ2n) is 5.85. The molecule has 1 N–H and O–H groups in total. The minimum absolute atomic E-state index is 0.00999. The molecule has 28 heavy (non-hydrogen) atoms. The van der Waals surface area contributed by atoms with Crippen LogP contribution in [0.2, 0.25) is 0 Å². The summed E-state index contributed by atoms with van der Waals surface area (Å²) in [6.07, 6.45) is 0.896. The van der Waals surface area contributed by atoms with Crippen molar-refractivity contribution in [2.24, 2.45) is 0 Å². The van der Waals surface area contributed by atoms with Gasteiger partial charge < -0.3 is 14.5 Å². The summed E-state index contributed by atoms with van der Waals surface area (Å²) in [5, 5.41) is 1.77. The molecule has 8 heteroatoms. The Balaban J connectivity index is 1.67. The summed E-state index contributed by atoms with van der Waals surface area (Å²) in [5.74, 6) is -7.18. The van der Waals surface area contributed by atoms with Crippen LogP contribution in [0.25, 0.3) is 0 Å². The van der Waals surface area contributed by atoms with E-state index >= 15 is 0 Å². The van der Waals surface area contributed by atoms with E-state index < -0.39 is 34.9 Å². The average molecular weight is 393 g/mol. The van der Waals surface area contributed by atoms with Crippen LogP contribution in [0.1, 0.15) is 28.8 Å². The molecule has 0 radical (unpaired) electrons. The summed E-state index contributed by atoms with van der Waals surface area (Å²) in [5.41, 5.74) is -0.0785. The van der Waals surface area contributed by atoms with Gasteiger partial charge in [-0.2, -0.15) is 0 Å². The fourth-order valence-electron chi connectivity index (χ4n) is 2.41. The van der Waals surface area contributed by atoms with Gasteiger partial charge in [0.2, 0.25) is 0 Å². The SMILES string of the molecule is CCc1ccc(OCc2ccc(C(=O)Nc3c(F)c(F)cc(F)c3F)o2)cc1. The van der Waals surface area contributed by atoms with E-state index in [1.807, 2.05) is 19.1 Å². The van der Waals surface area contributed by atoms with Gasteiger partial charge in [0.1, 0.15) is 23.8 Å². The van der Waals surface area contributed by atoms with E-state index in [4.69, 9.17) is 9.15 Å². The Morgan fingerprint density at radius 3 is 2.25 bits per heavy atom. The number of ether oxygens (including phenoxy) is 1. The number of rotatable bonds is 6. The number of furan rings is 1. The first-order valence-electron chi connectivity index (χ1n) is 8.33. The summed E-state index contributed by atoms with van der Waals surface area (Å²) >= 11 is 0. The number of benzene rings is 2. The van der Waals surface area contributed by atoms with Gasteiger partial charge in [0.25, 0.3) is 5.91 Å². The zero-order valence-electron chi connectivity index (χ0n) is 14.7. The number of nitrogens with one attached hydrogen (secondary N) is 1. The quantitative estimate of drug-likeness (QED) is 0.461. The Kier molecular flexibility index (Phi) is 5.67. The third-order valence-electron chi connectivity index (χ3n) is 3.95. The van der Waals surface area contributed by atoms with Crippen molar-refractivity contribution in [1.29, 1.82) is 0 Å². The molecule has 0 atom stereocenters. The highest BCUT2D eigenvalue weighted by Gasteiger charge is 2.22. The van der Waals surface area contributed by atoms with Crippen molar-refractivity contribution in [2.75, 3.05) is 5.32 Å². The Labute approximate surface area is 157 Å². The van der Waals surface area contributed by atoms with Crippen LogP contribution >= 0.6 is 0 Å². The molecule has 2 aromatic carbocycles. The lowest BCUT2D eigenvalue weighted by Gasteiger charge is -2.08. The molecule has 0 spiro atoms. The molecule has 1 heterocycles. The van der Waals surface area contributed by atoms with Gasteiger partial charge in [0.05, 0.1) is 0 Å². The highest BCUT2D eigenvalue weighted by atomic mass is 19.2. The molecule has 1 amide bonds. The zero-order chi connectivity index (χ0) is 20.3. The summed E-state index contributed by atoms with van der Waals surface area (Å²) in [6, 6.07) is 10.2. The standard InChI is InChI=1S/C20H15F4NO3/c1-2-11-3-5-12(6-4-11)27-10-13-7-8-16(28-13)20(26)25-19-17(23)14(21)9-15(22)18(19)24/h3-9H,2,10H2,1H3,(H,25,26). The van der Waals surface area contributed by atoms with Gasteiger partial charge in [-0.05, 0) is 36.2 Å². The molecule has 4 nitrogen and oxygen atoms in total. The van der Waals surface area contributed by atoms with Crippen LogP contribution in [0.3, 0.4) is 0 Å². The van der Waals surface area contributed by atoms with Crippen molar-refractivity contribution in [1.82, 2.24) is 0 Å². The van der Waals surface area contributed by atoms with Gasteiger partial charge in [0, 0.05) is 6.07 Å². The van der Waals surface area contributed by atoms with Crippen molar-refractivity contribution in [3.05, 3.63) is 82.8 Å². The lowest BCUT2D eigenvalue weighted by molar-refractivity contribution is 0.0991. The van der Waals surface area contributed by atoms with Crippen LogP contribution in [-0.4, -0.2) is 5.91 Å². The van der Waals surface area contributed by atoms with Crippen molar-refractivity contribution < 1.29 is 31.5 Å². The molecular formula is C20H15F4NO3. The summed E-state index contributed by atoms with van der Waals surface area (Å²) < 4.78 is 64.5. The fourth-order valence-corrected chi connectivity index (χ4v) is 2.41. The maximum atomic E-state index is 13.6. The number of hydrogen-bond acceptors (Lipinski definition) is 3. The highest BCUT2D eigenvalue weighted by molar-refractivity contribution is 6.02. The van der Waals surface area contributed by atoms with Gasteiger partial charge in [-0.25, -0.2) is 17.6 Å². The van der Waals surface area contributed by atoms with Gasteiger partial charge in [-0.15, -0.1) is 0 Å². The van der Waals surface area contributed by atoms with Crippen LogP contribution in [-0.2, 0) is 13.0 Å². The number of aryl methyl sites for hydroxylation is 1. The molecule has 0 aliphatic carbocycles. The summed E-state index contributed by atoms with van der Waals surface area (Å²) in [4.78, 5) is 12.1. The van der Waals surface area contributed by atoms with Crippen LogP contribution in [0, 0.1) is 23.3 Å². The number of anilines is 1. The van der Waals surface area contributed by atoms with Crippen LogP contribution in [0.4, 0.5) is 23.2 Å². The topological polar surface area (TPSA) is 51.5 Å². The van der Waals surface area contributed by atoms with Gasteiger partial charge in [0.15, 0.2) is 29.0 Å². The zero-order valence-corrected chi connectivity index (χ0v) is 14.7. The Hall–Kier alpha value is -3.29. The smallest absolute Gasteiger partial charge is 0.291 e. The fraction of sp³-hybridized carbons (Fsp3) is 0.150. The van der Waals surface area contributed by atoms with E-state index in [1.54, 1.807) is 17.4 Å². The molecule has 0 saturated carbocycles. The number of amides is 1. The average Bonchev–Trinajstić information content (AvgIpc) is 3.17. The molecule has 0 unspecified atom stereocenters. The highest BCUT2D eigenvalue weighted by Crippen LogP contribution is 2.25. The van der Waals surface area contributed by atoms with Crippen LogP contribution < -0.4 is 10.1 Å². The minimum atomic E-state index is -1.71. The first-order valence-corrected chi connectivity index (χ1v) is 8.33. The van der Waals surface area contributed by atoms with E-state index in [0.29, 0.717) is 5.75 Å². The summed E-state index contributed by atoms with van der Waals surface area (Å²) in [7, 11) is 0. The molecule has 1 aromatic heterocycles. The van der Waals surface area contributed by atoms with Crippen molar-refractivity contribution in [2.45, 2.75) is 20.0 Å². The van der Waals surface area contributed by atoms with Crippen molar-refractivity contribution in [3.8, 4) is 5.75 Å².